The van der Waals surface area contributed by atoms with Gasteiger partial charge >= 0.3 is 0 Å². The van der Waals surface area contributed by atoms with Crippen LogP contribution in [0.4, 0.5) is 0 Å². The number of rotatable bonds is 16. The van der Waals surface area contributed by atoms with Gasteiger partial charge in [0.1, 0.15) is 79.4 Å². The molecule has 8 aliphatic rings. The SMILES string of the molecule is C[C@H](CC[C@@H](O[C@@H]1O[C@H](CO[C@H]2O[C@H](CO)[C@@H](O)[C@H](O)[C@H]2O)[C@@H](O)[C@H](O)[C@H]1O[C@@H]1O[C@H](CO)C([C@H]2O[C@H](CO)[C@@H](O)[C@H](O)[C@H]2O)[C@H](O)[C@H]1O)C(C)(C)O)C1CC[C@@]2(C)C3CC=C4C(CC[C@H](O)C4(C)C)[C@]3(C)[C@H](O)C[C@]12C. The van der Waals surface area contributed by atoms with E-state index in [2.05, 4.69) is 47.6 Å². The molecule has 4 heterocycles. The zero-order chi connectivity index (χ0) is 56.8. The van der Waals surface area contributed by atoms with Gasteiger partial charge in [-0.2, -0.15) is 0 Å². The van der Waals surface area contributed by atoms with Gasteiger partial charge in [0.2, 0.25) is 0 Å². The van der Waals surface area contributed by atoms with E-state index >= 15 is 0 Å². The summed E-state index contributed by atoms with van der Waals surface area (Å²) in [5, 5.41) is 176. The van der Waals surface area contributed by atoms with E-state index in [0.717, 1.165) is 25.7 Å². The molecule has 0 spiro atoms. The Kier molecular flexibility index (Phi) is 18.6. The molecule has 446 valence electrons. The Hall–Kier alpha value is -1.18. The zero-order valence-electron chi connectivity index (χ0n) is 45.7. The predicted molar refractivity (Wildman–Crippen MR) is 266 cm³/mol. The van der Waals surface area contributed by atoms with Crippen molar-refractivity contribution in [2.24, 2.45) is 51.2 Å². The predicted octanol–water partition coefficient (Wildman–Crippen LogP) is -2.96. The normalized spacial score (nSPS) is 51.9. The summed E-state index contributed by atoms with van der Waals surface area (Å²) < 4.78 is 41.9. The number of aliphatic hydroxyl groups is 16. The lowest BCUT2D eigenvalue weighted by Gasteiger charge is -2.67. The molecule has 7 fully saturated rings. The van der Waals surface area contributed by atoms with Crippen LogP contribution in [0, 0.1) is 51.2 Å². The average Bonchev–Trinajstić information content (AvgIpc) is 3.97. The van der Waals surface area contributed by atoms with E-state index < -0.39 is 173 Å². The second-order valence-corrected chi connectivity index (χ2v) is 25.9. The van der Waals surface area contributed by atoms with E-state index in [1.807, 2.05) is 0 Å². The van der Waals surface area contributed by atoms with Crippen molar-refractivity contribution in [2.75, 3.05) is 26.4 Å². The number of aliphatic hydroxyl groups excluding tert-OH is 15. The smallest absolute Gasteiger partial charge is 0.187 e. The van der Waals surface area contributed by atoms with Crippen LogP contribution in [-0.4, -0.2) is 249 Å². The standard InChI is InChI=1S/C54H92O23/c1-22(23-15-16-52(6)30-12-10-24-25(11-13-31(58)50(24,2)3)54(30,8)32(59)17-53(23,52)7)9-14-33(51(4,5)70)76-49-46(41(66)37(62)29(75-49)21-71-47-44(69)40(65)36(61)28(20-57)74-47)77-48-43(68)38(63)34(26(18-55)73-48)45-42(67)39(64)35(60)27(19-56)72-45/h10,22-23,25-49,55-70H,9,11-21H2,1-8H3/t22-,23?,25?,26-,27-,28-,29-,30?,31+,32-,33-,34?,35-,36-,37-,38+,39+,40+,41+,42-,43-,44-,45-,46-,47+,48+,49+,52+,53-,54+/m1/s1. The summed E-state index contributed by atoms with van der Waals surface area (Å²) in [6, 6.07) is 0. The van der Waals surface area contributed by atoms with E-state index in [4.69, 9.17) is 33.2 Å². The van der Waals surface area contributed by atoms with Crippen LogP contribution in [0.15, 0.2) is 11.6 Å². The fraction of sp³-hybridized carbons (Fsp3) is 0.963. The summed E-state index contributed by atoms with van der Waals surface area (Å²) in [5.74, 6) is -1.00. The van der Waals surface area contributed by atoms with E-state index in [1.54, 1.807) is 0 Å². The summed E-state index contributed by atoms with van der Waals surface area (Å²) in [5.41, 5.74) is -1.57. The molecule has 4 unspecified atom stereocenters. The topological polar surface area (TPSA) is 388 Å². The van der Waals surface area contributed by atoms with Crippen molar-refractivity contribution in [1.29, 1.82) is 0 Å². The van der Waals surface area contributed by atoms with Crippen molar-refractivity contribution >= 4 is 0 Å². The lowest BCUT2D eigenvalue weighted by Crippen LogP contribution is -2.68. The largest absolute Gasteiger partial charge is 0.394 e. The van der Waals surface area contributed by atoms with Gasteiger partial charge < -0.3 is 115 Å². The number of fused-ring (bicyclic) bond motifs is 5. The molecule has 23 heteroatoms. The van der Waals surface area contributed by atoms with Crippen molar-refractivity contribution in [2.45, 2.75) is 247 Å². The average molecular weight is 1110 g/mol. The fourth-order valence-electron chi connectivity index (χ4n) is 16.0. The minimum Gasteiger partial charge on any atom is -0.394 e. The molecule has 30 atom stereocenters. The molecule has 0 aromatic carbocycles. The van der Waals surface area contributed by atoms with Gasteiger partial charge in [0, 0.05) is 16.7 Å². The molecule has 0 aromatic heterocycles. The molecule has 4 aliphatic heterocycles. The Labute approximate surface area is 450 Å². The summed E-state index contributed by atoms with van der Waals surface area (Å²) in [4.78, 5) is 0. The molecule has 23 nitrogen and oxygen atoms in total. The maximum atomic E-state index is 12.5. The first-order valence-corrected chi connectivity index (χ1v) is 27.9. The third kappa shape index (κ3) is 10.7. The van der Waals surface area contributed by atoms with Crippen molar-refractivity contribution in [1.82, 2.24) is 0 Å². The Balaban J connectivity index is 1.03. The van der Waals surface area contributed by atoms with Crippen LogP contribution in [0.3, 0.4) is 0 Å². The second-order valence-electron chi connectivity index (χ2n) is 25.9. The van der Waals surface area contributed by atoms with Crippen LogP contribution in [0.1, 0.15) is 107 Å². The zero-order valence-corrected chi connectivity index (χ0v) is 45.7. The molecule has 4 saturated heterocycles. The van der Waals surface area contributed by atoms with Gasteiger partial charge in [-0.25, -0.2) is 0 Å². The first kappa shape index (κ1) is 61.9. The van der Waals surface area contributed by atoms with E-state index in [9.17, 15) is 81.7 Å². The van der Waals surface area contributed by atoms with Gasteiger partial charge in [-0.3, -0.25) is 0 Å². The Morgan fingerprint density at radius 3 is 1.81 bits per heavy atom. The molecule has 0 aromatic rings. The molecular weight excluding hydrogens is 1020 g/mol. The molecule has 0 amide bonds. The molecule has 8 rings (SSSR count). The second kappa shape index (κ2) is 23.1. The van der Waals surface area contributed by atoms with Crippen molar-refractivity contribution in [3.8, 4) is 0 Å². The summed E-state index contributed by atoms with van der Waals surface area (Å²) in [6.45, 7) is 13.2. The maximum absolute atomic E-state index is 12.5. The van der Waals surface area contributed by atoms with Gasteiger partial charge in [-0.05, 0) is 99.7 Å². The van der Waals surface area contributed by atoms with Crippen LogP contribution in [0.2, 0.25) is 0 Å². The van der Waals surface area contributed by atoms with Crippen molar-refractivity contribution in [3.63, 3.8) is 0 Å². The van der Waals surface area contributed by atoms with Crippen LogP contribution in [0.25, 0.3) is 0 Å². The highest BCUT2D eigenvalue weighted by Crippen LogP contribution is 2.75. The lowest BCUT2D eigenvalue weighted by molar-refractivity contribution is -0.383. The molecule has 0 bridgehead atoms. The van der Waals surface area contributed by atoms with Gasteiger partial charge in [0.25, 0.3) is 0 Å². The number of ether oxygens (including phenoxy) is 7. The summed E-state index contributed by atoms with van der Waals surface area (Å²) >= 11 is 0. The van der Waals surface area contributed by atoms with E-state index in [1.165, 1.54) is 19.4 Å². The van der Waals surface area contributed by atoms with Gasteiger partial charge in [0.05, 0.1) is 68.7 Å². The quantitative estimate of drug-likeness (QED) is 0.0687. The highest BCUT2D eigenvalue weighted by atomic mass is 16.8. The highest BCUT2D eigenvalue weighted by Gasteiger charge is 2.70. The lowest BCUT2D eigenvalue weighted by atomic mass is 9.38. The van der Waals surface area contributed by atoms with Crippen molar-refractivity contribution in [3.05, 3.63) is 11.6 Å². The third-order valence-corrected chi connectivity index (χ3v) is 21.1. The minimum absolute atomic E-state index is 0.0241. The van der Waals surface area contributed by atoms with Gasteiger partial charge in [0.15, 0.2) is 18.9 Å². The highest BCUT2D eigenvalue weighted by molar-refractivity contribution is 5.31. The molecule has 77 heavy (non-hydrogen) atoms. The van der Waals surface area contributed by atoms with Crippen LogP contribution >= 0.6 is 0 Å². The van der Waals surface area contributed by atoms with Crippen molar-refractivity contribution < 1.29 is 115 Å². The Morgan fingerprint density at radius 2 is 1.18 bits per heavy atom. The molecule has 16 N–H and O–H groups in total. The van der Waals surface area contributed by atoms with Gasteiger partial charge in [-0.1, -0.05) is 53.2 Å². The summed E-state index contributed by atoms with van der Waals surface area (Å²) in [7, 11) is 0. The molecule has 3 saturated carbocycles. The molecule has 0 radical (unpaired) electrons. The van der Waals surface area contributed by atoms with Crippen LogP contribution in [-0.2, 0) is 33.2 Å². The number of allylic oxidation sites excluding steroid dienone is 1. The minimum atomic E-state index is -2.07. The van der Waals surface area contributed by atoms with Crippen LogP contribution in [0.5, 0.6) is 0 Å². The number of hydrogen-bond acceptors (Lipinski definition) is 23. The van der Waals surface area contributed by atoms with E-state index in [-0.39, 0.29) is 51.8 Å². The molecular formula is C54H92O23. The monoisotopic (exact) mass is 1110 g/mol. The summed E-state index contributed by atoms with van der Waals surface area (Å²) in [6.07, 6.45) is -27.8. The maximum Gasteiger partial charge on any atom is 0.187 e. The number of hydrogen-bond donors (Lipinski definition) is 16. The Morgan fingerprint density at radius 1 is 0.610 bits per heavy atom. The third-order valence-electron chi connectivity index (χ3n) is 21.1. The first-order chi connectivity index (χ1) is 35.9. The molecule has 4 aliphatic carbocycles. The van der Waals surface area contributed by atoms with Crippen LogP contribution < -0.4 is 0 Å². The fourth-order valence-corrected chi connectivity index (χ4v) is 16.0. The van der Waals surface area contributed by atoms with E-state index in [0.29, 0.717) is 19.3 Å². The first-order valence-electron chi connectivity index (χ1n) is 27.9. The van der Waals surface area contributed by atoms with Gasteiger partial charge in [-0.15, -0.1) is 0 Å². The Bertz CT molecular complexity index is 2000.